The standard InChI is InChI=1S/C13H20ClNO2/c14-8-4-5-9-15-11(16)10-13(12(15)17)6-2-1-3-7-13/h1-10H2. The van der Waals surface area contributed by atoms with Gasteiger partial charge in [-0.3, -0.25) is 14.5 Å². The van der Waals surface area contributed by atoms with Crippen LogP contribution in [0.25, 0.3) is 0 Å². The van der Waals surface area contributed by atoms with Gasteiger partial charge < -0.3 is 0 Å². The molecule has 1 spiro atoms. The average Bonchev–Trinajstić information content (AvgIpc) is 2.55. The Bertz CT molecular complexity index is 311. The SMILES string of the molecule is O=C1CC2(CCCCC2)C(=O)N1CCCCCl. The van der Waals surface area contributed by atoms with Crippen molar-refractivity contribution in [1.82, 2.24) is 4.90 Å². The highest BCUT2D eigenvalue weighted by Gasteiger charge is 2.50. The van der Waals surface area contributed by atoms with Gasteiger partial charge in [0.2, 0.25) is 11.8 Å². The predicted molar refractivity (Wildman–Crippen MR) is 66.8 cm³/mol. The van der Waals surface area contributed by atoms with Gasteiger partial charge in [0.15, 0.2) is 0 Å². The molecule has 0 bridgehead atoms. The fourth-order valence-corrected chi connectivity index (χ4v) is 3.26. The van der Waals surface area contributed by atoms with Crippen molar-refractivity contribution >= 4 is 23.4 Å². The van der Waals surface area contributed by atoms with Crippen LogP contribution in [0.15, 0.2) is 0 Å². The number of hydrogen-bond donors (Lipinski definition) is 0. The molecular formula is C13H20ClNO2. The second-order valence-corrected chi connectivity index (χ2v) is 5.64. The van der Waals surface area contributed by atoms with E-state index in [2.05, 4.69) is 0 Å². The van der Waals surface area contributed by atoms with Gasteiger partial charge in [-0.2, -0.15) is 0 Å². The van der Waals surface area contributed by atoms with E-state index in [0.717, 1.165) is 38.5 Å². The summed E-state index contributed by atoms with van der Waals surface area (Å²) in [6, 6.07) is 0. The number of imide groups is 1. The summed E-state index contributed by atoms with van der Waals surface area (Å²) >= 11 is 5.61. The Morgan fingerprint density at radius 1 is 1.12 bits per heavy atom. The van der Waals surface area contributed by atoms with Crippen molar-refractivity contribution in [1.29, 1.82) is 0 Å². The molecule has 0 unspecified atom stereocenters. The third-order valence-electron chi connectivity index (χ3n) is 4.07. The molecule has 96 valence electrons. The third kappa shape index (κ3) is 2.49. The Balaban J connectivity index is 2.00. The van der Waals surface area contributed by atoms with E-state index in [1.807, 2.05) is 0 Å². The molecule has 1 aliphatic heterocycles. The van der Waals surface area contributed by atoms with Crippen molar-refractivity contribution in [3.05, 3.63) is 0 Å². The lowest BCUT2D eigenvalue weighted by atomic mass is 9.73. The number of unbranched alkanes of at least 4 members (excludes halogenated alkanes) is 1. The quantitative estimate of drug-likeness (QED) is 0.441. The van der Waals surface area contributed by atoms with Gasteiger partial charge in [-0.25, -0.2) is 0 Å². The van der Waals surface area contributed by atoms with Crippen LogP contribution in [0.2, 0.25) is 0 Å². The molecular weight excluding hydrogens is 238 g/mol. The molecule has 3 nitrogen and oxygen atoms in total. The van der Waals surface area contributed by atoms with Crippen LogP contribution < -0.4 is 0 Å². The Kier molecular flexibility index (Phi) is 4.08. The lowest BCUT2D eigenvalue weighted by Gasteiger charge is -2.30. The van der Waals surface area contributed by atoms with Crippen molar-refractivity contribution in [2.24, 2.45) is 5.41 Å². The summed E-state index contributed by atoms with van der Waals surface area (Å²) in [5, 5.41) is 0. The zero-order valence-electron chi connectivity index (χ0n) is 10.2. The number of likely N-dealkylation sites (tertiary alicyclic amines) is 1. The number of carbonyl (C=O) groups excluding carboxylic acids is 2. The molecule has 1 saturated heterocycles. The molecule has 0 atom stereocenters. The van der Waals surface area contributed by atoms with Crippen LogP contribution in [-0.4, -0.2) is 29.1 Å². The Labute approximate surface area is 107 Å². The van der Waals surface area contributed by atoms with Gasteiger partial charge in [-0.05, 0) is 25.7 Å². The largest absolute Gasteiger partial charge is 0.282 e. The molecule has 2 rings (SSSR count). The van der Waals surface area contributed by atoms with E-state index in [-0.39, 0.29) is 17.2 Å². The van der Waals surface area contributed by atoms with Gasteiger partial charge in [-0.1, -0.05) is 19.3 Å². The zero-order valence-corrected chi connectivity index (χ0v) is 11.0. The number of carbonyl (C=O) groups is 2. The molecule has 17 heavy (non-hydrogen) atoms. The summed E-state index contributed by atoms with van der Waals surface area (Å²) in [5.74, 6) is 0.727. The molecule has 2 amide bonds. The van der Waals surface area contributed by atoms with Gasteiger partial charge in [0.25, 0.3) is 0 Å². The Morgan fingerprint density at radius 2 is 1.82 bits per heavy atom. The second kappa shape index (κ2) is 5.38. The van der Waals surface area contributed by atoms with Crippen molar-refractivity contribution < 1.29 is 9.59 Å². The van der Waals surface area contributed by atoms with Gasteiger partial charge in [0.1, 0.15) is 0 Å². The van der Waals surface area contributed by atoms with Crippen LogP contribution in [0.3, 0.4) is 0 Å². The van der Waals surface area contributed by atoms with Crippen LogP contribution in [-0.2, 0) is 9.59 Å². The maximum atomic E-state index is 12.4. The Morgan fingerprint density at radius 3 is 2.47 bits per heavy atom. The Hall–Kier alpha value is -0.570. The van der Waals surface area contributed by atoms with Gasteiger partial charge in [-0.15, -0.1) is 11.6 Å². The molecule has 4 heteroatoms. The topological polar surface area (TPSA) is 37.4 Å². The van der Waals surface area contributed by atoms with Crippen molar-refractivity contribution in [3.63, 3.8) is 0 Å². The molecule has 0 aromatic heterocycles. The number of hydrogen-bond acceptors (Lipinski definition) is 2. The summed E-state index contributed by atoms with van der Waals surface area (Å²) in [5.41, 5.74) is -0.323. The first-order chi connectivity index (χ1) is 8.19. The summed E-state index contributed by atoms with van der Waals surface area (Å²) in [6.07, 6.45) is 7.35. The molecule has 0 aromatic carbocycles. The number of halogens is 1. The van der Waals surface area contributed by atoms with E-state index in [1.54, 1.807) is 0 Å². The van der Waals surface area contributed by atoms with E-state index < -0.39 is 0 Å². The van der Waals surface area contributed by atoms with Crippen LogP contribution in [0.4, 0.5) is 0 Å². The van der Waals surface area contributed by atoms with Gasteiger partial charge >= 0.3 is 0 Å². The van der Waals surface area contributed by atoms with Crippen LogP contribution in [0.1, 0.15) is 51.4 Å². The first-order valence-corrected chi connectivity index (χ1v) is 7.14. The summed E-state index contributed by atoms with van der Waals surface area (Å²) in [7, 11) is 0. The second-order valence-electron chi connectivity index (χ2n) is 5.26. The van der Waals surface area contributed by atoms with Crippen LogP contribution in [0.5, 0.6) is 0 Å². The van der Waals surface area contributed by atoms with Gasteiger partial charge in [0.05, 0.1) is 5.41 Å². The first kappa shape index (κ1) is 12.9. The highest BCUT2D eigenvalue weighted by atomic mass is 35.5. The minimum absolute atomic E-state index is 0.0338. The maximum Gasteiger partial charge on any atom is 0.235 e. The maximum absolute atomic E-state index is 12.4. The molecule has 0 radical (unpaired) electrons. The first-order valence-electron chi connectivity index (χ1n) is 6.60. The zero-order chi connectivity index (χ0) is 12.3. The minimum atomic E-state index is -0.323. The van der Waals surface area contributed by atoms with Crippen molar-refractivity contribution in [3.8, 4) is 0 Å². The molecule has 1 heterocycles. The highest BCUT2D eigenvalue weighted by Crippen LogP contribution is 2.45. The molecule has 2 fully saturated rings. The lowest BCUT2D eigenvalue weighted by Crippen LogP contribution is -2.37. The molecule has 0 N–H and O–H groups in total. The van der Waals surface area contributed by atoms with Crippen LogP contribution in [0, 0.1) is 5.41 Å². The summed E-state index contributed by atoms with van der Waals surface area (Å²) in [4.78, 5) is 25.8. The van der Waals surface area contributed by atoms with Crippen molar-refractivity contribution in [2.45, 2.75) is 51.4 Å². The number of alkyl halides is 1. The minimum Gasteiger partial charge on any atom is -0.282 e. The molecule has 2 aliphatic rings. The smallest absolute Gasteiger partial charge is 0.235 e. The number of nitrogens with zero attached hydrogens (tertiary/aromatic N) is 1. The highest BCUT2D eigenvalue weighted by molar-refractivity contribution is 6.17. The average molecular weight is 258 g/mol. The van der Waals surface area contributed by atoms with Gasteiger partial charge in [0, 0.05) is 18.8 Å². The van der Waals surface area contributed by atoms with Crippen molar-refractivity contribution in [2.75, 3.05) is 12.4 Å². The normalized spacial score (nSPS) is 23.7. The number of rotatable bonds is 4. The third-order valence-corrected chi connectivity index (χ3v) is 4.33. The monoisotopic (exact) mass is 257 g/mol. The number of amides is 2. The van der Waals surface area contributed by atoms with Crippen LogP contribution >= 0.6 is 11.6 Å². The van der Waals surface area contributed by atoms with E-state index in [4.69, 9.17) is 11.6 Å². The molecule has 1 saturated carbocycles. The lowest BCUT2D eigenvalue weighted by molar-refractivity contribution is -0.142. The van der Waals surface area contributed by atoms with E-state index in [1.165, 1.54) is 11.3 Å². The molecule has 0 aromatic rings. The summed E-state index contributed by atoms with van der Waals surface area (Å²) in [6.45, 7) is 0.562. The predicted octanol–water partition coefficient (Wildman–Crippen LogP) is 2.71. The summed E-state index contributed by atoms with van der Waals surface area (Å²) < 4.78 is 0. The molecule has 1 aliphatic carbocycles. The fourth-order valence-electron chi connectivity index (χ4n) is 3.07. The van der Waals surface area contributed by atoms with E-state index in [0.29, 0.717) is 18.8 Å². The fraction of sp³-hybridized carbons (Fsp3) is 0.846. The van der Waals surface area contributed by atoms with E-state index in [9.17, 15) is 9.59 Å². The van der Waals surface area contributed by atoms with E-state index >= 15 is 0 Å².